The van der Waals surface area contributed by atoms with Crippen LogP contribution in [0.15, 0.2) is 18.2 Å². The highest BCUT2D eigenvalue weighted by Crippen LogP contribution is 2.23. The maximum atomic E-state index is 12.1. The van der Waals surface area contributed by atoms with Gasteiger partial charge in [-0.2, -0.15) is 0 Å². The average molecular weight is 234 g/mol. The Hall–Kier alpha value is -1.39. The summed E-state index contributed by atoms with van der Waals surface area (Å²) in [5.74, 6) is -0.0487. The molecule has 1 aromatic carbocycles. The maximum absolute atomic E-state index is 12.1. The first-order chi connectivity index (χ1) is 8.13. The molecule has 0 spiro atoms. The van der Waals surface area contributed by atoms with Gasteiger partial charge in [-0.25, -0.2) is 0 Å². The van der Waals surface area contributed by atoms with Crippen LogP contribution < -0.4 is 10.2 Å². The van der Waals surface area contributed by atoms with Crippen LogP contribution in [0.3, 0.4) is 0 Å². The molecule has 1 aromatic rings. The second-order valence-corrected chi connectivity index (χ2v) is 4.47. The van der Waals surface area contributed by atoms with Crippen LogP contribution in [0.4, 0.5) is 5.69 Å². The third-order valence-corrected chi connectivity index (χ3v) is 3.13. The number of amides is 1. The molecule has 1 heterocycles. The molecule has 1 saturated heterocycles. The van der Waals surface area contributed by atoms with Gasteiger partial charge in [-0.1, -0.05) is 12.1 Å². The Bertz CT molecular complexity index is 431. The number of aryl methyl sites for hydroxylation is 2. The summed E-state index contributed by atoms with van der Waals surface area (Å²) in [4.78, 5) is 13.9. The molecule has 1 unspecified atom stereocenters. The summed E-state index contributed by atoms with van der Waals surface area (Å²) in [6.07, 6.45) is 0. The van der Waals surface area contributed by atoms with Gasteiger partial charge in [-0.05, 0) is 31.0 Å². The third-order valence-electron chi connectivity index (χ3n) is 3.13. The van der Waals surface area contributed by atoms with Gasteiger partial charge in [-0.3, -0.25) is 4.79 Å². The van der Waals surface area contributed by atoms with Crippen molar-refractivity contribution in [1.29, 1.82) is 0 Å². The van der Waals surface area contributed by atoms with E-state index in [-0.39, 0.29) is 12.5 Å². The molecule has 0 bridgehead atoms. The van der Waals surface area contributed by atoms with Crippen molar-refractivity contribution >= 4 is 11.6 Å². The summed E-state index contributed by atoms with van der Waals surface area (Å²) >= 11 is 0. The number of aliphatic hydroxyl groups is 1. The predicted molar refractivity (Wildman–Crippen MR) is 67.1 cm³/mol. The van der Waals surface area contributed by atoms with Gasteiger partial charge in [0.2, 0.25) is 5.91 Å². The normalized spacial score (nSPS) is 20.8. The van der Waals surface area contributed by atoms with Crippen molar-refractivity contribution in [2.75, 3.05) is 24.6 Å². The fourth-order valence-electron chi connectivity index (χ4n) is 2.13. The Balaban J connectivity index is 2.32. The third kappa shape index (κ3) is 2.33. The van der Waals surface area contributed by atoms with E-state index >= 15 is 0 Å². The van der Waals surface area contributed by atoms with Crippen molar-refractivity contribution in [3.05, 3.63) is 29.3 Å². The Morgan fingerprint density at radius 2 is 2.24 bits per heavy atom. The van der Waals surface area contributed by atoms with Crippen LogP contribution in [0.2, 0.25) is 0 Å². The number of carbonyl (C=O) groups is 1. The minimum Gasteiger partial charge on any atom is -0.394 e. The summed E-state index contributed by atoms with van der Waals surface area (Å²) in [5, 5.41) is 12.2. The number of anilines is 1. The van der Waals surface area contributed by atoms with Crippen molar-refractivity contribution in [1.82, 2.24) is 5.32 Å². The summed E-state index contributed by atoms with van der Waals surface area (Å²) in [6, 6.07) is 5.61. The van der Waals surface area contributed by atoms with E-state index in [1.807, 2.05) is 32.0 Å². The molecule has 1 aliphatic rings. The van der Waals surface area contributed by atoms with E-state index < -0.39 is 6.04 Å². The quantitative estimate of drug-likeness (QED) is 0.788. The van der Waals surface area contributed by atoms with Crippen LogP contribution in [-0.2, 0) is 4.79 Å². The van der Waals surface area contributed by atoms with Crippen LogP contribution in [0.1, 0.15) is 11.1 Å². The van der Waals surface area contributed by atoms with Gasteiger partial charge in [0, 0.05) is 18.8 Å². The van der Waals surface area contributed by atoms with E-state index in [1.165, 1.54) is 0 Å². The molecule has 2 rings (SSSR count). The number of nitrogens with zero attached hydrogens (tertiary/aromatic N) is 1. The van der Waals surface area contributed by atoms with Gasteiger partial charge >= 0.3 is 0 Å². The molecule has 0 aliphatic carbocycles. The number of rotatable bonds is 2. The molecule has 4 nitrogen and oxygen atoms in total. The zero-order valence-corrected chi connectivity index (χ0v) is 10.2. The Morgan fingerprint density at radius 3 is 2.94 bits per heavy atom. The largest absolute Gasteiger partial charge is 0.394 e. The Labute approximate surface area is 101 Å². The molecule has 4 heteroatoms. The second kappa shape index (κ2) is 4.85. The first-order valence-electron chi connectivity index (χ1n) is 5.86. The van der Waals surface area contributed by atoms with E-state index in [9.17, 15) is 4.79 Å². The van der Waals surface area contributed by atoms with Gasteiger partial charge in [0.1, 0.15) is 6.04 Å². The first-order valence-corrected chi connectivity index (χ1v) is 5.86. The summed E-state index contributed by atoms with van der Waals surface area (Å²) < 4.78 is 0. The number of carbonyl (C=O) groups excluding carboxylic acids is 1. The van der Waals surface area contributed by atoms with Crippen LogP contribution in [0.25, 0.3) is 0 Å². The van der Waals surface area contributed by atoms with E-state index in [0.717, 1.165) is 16.8 Å². The number of benzene rings is 1. The minimum atomic E-state index is -0.469. The molecule has 2 N–H and O–H groups in total. The molecular formula is C13H18N2O2. The molecule has 1 fully saturated rings. The van der Waals surface area contributed by atoms with Gasteiger partial charge in [-0.15, -0.1) is 0 Å². The highest BCUT2D eigenvalue weighted by atomic mass is 16.3. The molecule has 0 radical (unpaired) electrons. The highest BCUT2D eigenvalue weighted by molar-refractivity contribution is 5.98. The molecule has 0 saturated carbocycles. The van der Waals surface area contributed by atoms with E-state index in [1.54, 1.807) is 4.90 Å². The van der Waals surface area contributed by atoms with Crippen molar-refractivity contribution in [3.8, 4) is 0 Å². The molecule has 92 valence electrons. The fourth-order valence-corrected chi connectivity index (χ4v) is 2.13. The fraction of sp³-hybridized carbons (Fsp3) is 0.462. The SMILES string of the molecule is Cc1ccc(C)c(N2CCNC(CO)C2=O)c1. The number of aliphatic hydroxyl groups excluding tert-OH is 1. The van der Waals surface area contributed by atoms with Crippen LogP contribution in [0, 0.1) is 13.8 Å². The Morgan fingerprint density at radius 1 is 1.47 bits per heavy atom. The van der Waals surface area contributed by atoms with E-state index in [4.69, 9.17) is 5.11 Å². The van der Waals surface area contributed by atoms with Crippen molar-refractivity contribution in [2.24, 2.45) is 0 Å². The van der Waals surface area contributed by atoms with Crippen LogP contribution in [-0.4, -0.2) is 36.8 Å². The lowest BCUT2D eigenvalue weighted by atomic mass is 10.1. The molecule has 1 atom stereocenters. The molecule has 1 aliphatic heterocycles. The number of hydrogen-bond donors (Lipinski definition) is 2. The topological polar surface area (TPSA) is 52.6 Å². The minimum absolute atomic E-state index is 0.0487. The summed E-state index contributed by atoms with van der Waals surface area (Å²) in [7, 11) is 0. The number of nitrogens with one attached hydrogen (secondary N) is 1. The molecular weight excluding hydrogens is 216 g/mol. The lowest BCUT2D eigenvalue weighted by Gasteiger charge is -2.33. The zero-order chi connectivity index (χ0) is 12.4. The number of piperazine rings is 1. The molecule has 1 amide bonds. The zero-order valence-electron chi connectivity index (χ0n) is 10.2. The van der Waals surface area contributed by atoms with E-state index in [2.05, 4.69) is 5.32 Å². The first kappa shape index (κ1) is 12.1. The molecule has 17 heavy (non-hydrogen) atoms. The van der Waals surface area contributed by atoms with Crippen molar-refractivity contribution < 1.29 is 9.90 Å². The van der Waals surface area contributed by atoms with Crippen molar-refractivity contribution in [2.45, 2.75) is 19.9 Å². The Kier molecular flexibility index (Phi) is 3.45. The van der Waals surface area contributed by atoms with Gasteiger partial charge in [0.25, 0.3) is 0 Å². The smallest absolute Gasteiger partial charge is 0.246 e. The van der Waals surface area contributed by atoms with Crippen LogP contribution in [0.5, 0.6) is 0 Å². The summed E-state index contributed by atoms with van der Waals surface area (Å²) in [5.41, 5.74) is 3.18. The maximum Gasteiger partial charge on any atom is 0.246 e. The molecule has 0 aromatic heterocycles. The lowest BCUT2D eigenvalue weighted by Crippen LogP contribution is -2.56. The summed E-state index contributed by atoms with van der Waals surface area (Å²) in [6.45, 7) is 5.22. The van der Waals surface area contributed by atoms with Crippen molar-refractivity contribution in [3.63, 3.8) is 0 Å². The predicted octanol–water partition coefficient (Wildman–Crippen LogP) is 0.601. The lowest BCUT2D eigenvalue weighted by molar-refractivity contribution is -0.122. The highest BCUT2D eigenvalue weighted by Gasteiger charge is 2.29. The van der Waals surface area contributed by atoms with Gasteiger partial charge < -0.3 is 15.3 Å². The van der Waals surface area contributed by atoms with E-state index in [0.29, 0.717) is 13.1 Å². The van der Waals surface area contributed by atoms with Gasteiger partial charge in [0.15, 0.2) is 0 Å². The second-order valence-electron chi connectivity index (χ2n) is 4.47. The van der Waals surface area contributed by atoms with Gasteiger partial charge in [0.05, 0.1) is 6.61 Å². The standard InChI is InChI=1S/C13H18N2O2/c1-9-3-4-10(2)12(7-9)15-6-5-14-11(8-16)13(15)17/h3-4,7,11,14,16H,5-6,8H2,1-2H3. The number of hydrogen-bond acceptors (Lipinski definition) is 3. The average Bonchev–Trinajstić information content (AvgIpc) is 2.33. The van der Waals surface area contributed by atoms with Crippen LogP contribution >= 0.6 is 0 Å². The monoisotopic (exact) mass is 234 g/mol.